The maximum Gasteiger partial charge on any atom is 0.387 e. The molecule has 0 radical (unpaired) electrons. The molecule has 3 nitrogen and oxygen atoms in total. The van der Waals surface area contributed by atoms with Gasteiger partial charge in [0.2, 0.25) is 0 Å². The molecule has 2 rings (SSSR count). The molecule has 1 heterocycles. The molecule has 0 saturated carbocycles. The van der Waals surface area contributed by atoms with E-state index in [0.29, 0.717) is 5.56 Å². The van der Waals surface area contributed by atoms with E-state index in [9.17, 15) is 13.2 Å². The standard InChI is InChI=1S/C15H17F3N2OS/c1-8-7-19-14(22-8)10(3)20-9(2)12-5-4-11(16)6-13(12)21-15(17)18/h4-7,9-10,15,20H,1-3H3/t9-,10-/m1/s1. The fourth-order valence-corrected chi connectivity index (χ4v) is 2.96. The first-order chi connectivity index (χ1) is 10.4. The monoisotopic (exact) mass is 330 g/mol. The van der Waals surface area contributed by atoms with Crippen LogP contribution >= 0.6 is 11.3 Å². The van der Waals surface area contributed by atoms with Crippen LogP contribution in [-0.2, 0) is 0 Å². The van der Waals surface area contributed by atoms with Crippen LogP contribution in [0.15, 0.2) is 24.4 Å². The predicted molar refractivity (Wildman–Crippen MR) is 79.8 cm³/mol. The van der Waals surface area contributed by atoms with E-state index in [1.165, 1.54) is 12.1 Å². The Labute approximate surface area is 131 Å². The fraction of sp³-hybridized carbons (Fsp3) is 0.400. The third-order valence-corrected chi connectivity index (χ3v) is 4.26. The van der Waals surface area contributed by atoms with Gasteiger partial charge in [0.25, 0.3) is 0 Å². The van der Waals surface area contributed by atoms with Crippen molar-refractivity contribution in [2.45, 2.75) is 39.5 Å². The molecule has 0 saturated heterocycles. The highest BCUT2D eigenvalue weighted by Gasteiger charge is 2.19. The molecule has 22 heavy (non-hydrogen) atoms. The van der Waals surface area contributed by atoms with E-state index >= 15 is 0 Å². The number of thiazole rings is 1. The van der Waals surface area contributed by atoms with Crippen molar-refractivity contribution in [3.05, 3.63) is 45.7 Å². The normalized spacial score (nSPS) is 14.1. The summed E-state index contributed by atoms with van der Waals surface area (Å²) in [6, 6.07) is 3.29. The quantitative estimate of drug-likeness (QED) is 0.840. The van der Waals surface area contributed by atoms with Crippen molar-refractivity contribution in [2.24, 2.45) is 0 Å². The van der Waals surface area contributed by atoms with Crippen molar-refractivity contribution >= 4 is 11.3 Å². The Morgan fingerprint density at radius 2 is 1.95 bits per heavy atom. The van der Waals surface area contributed by atoms with Gasteiger partial charge in [-0.3, -0.25) is 0 Å². The summed E-state index contributed by atoms with van der Waals surface area (Å²) in [4.78, 5) is 5.39. The zero-order valence-corrected chi connectivity index (χ0v) is 13.3. The molecule has 0 spiro atoms. The number of alkyl halides is 2. The lowest BCUT2D eigenvalue weighted by Crippen LogP contribution is -2.23. The van der Waals surface area contributed by atoms with Gasteiger partial charge in [-0.05, 0) is 26.8 Å². The van der Waals surface area contributed by atoms with E-state index in [2.05, 4.69) is 15.0 Å². The van der Waals surface area contributed by atoms with Gasteiger partial charge in [-0.25, -0.2) is 9.37 Å². The van der Waals surface area contributed by atoms with Crippen molar-refractivity contribution in [3.8, 4) is 5.75 Å². The van der Waals surface area contributed by atoms with Crippen LogP contribution in [0.4, 0.5) is 13.2 Å². The number of rotatable bonds is 6. The number of hydrogen-bond acceptors (Lipinski definition) is 4. The van der Waals surface area contributed by atoms with Gasteiger partial charge in [-0.2, -0.15) is 8.78 Å². The Hall–Kier alpha value is -1.60. The third-order valence-electron chi connectivity index (χ3n) is 3.17. The molecule has 0 aliphatic rings. The molecule has 0 fully saturated rings. The summed E-state index contributed by atoms with van der Waals surface area (Å²) >= 11 is 1.57. The zero-order valence-electron chi connectivity index (χ0n) is 12.4. The van der Waals surface area contributed by atoms with Crippen molar-refractivity contribution in [1.29, 1.82) is 0 Å². The molecule has 0 aliphatic heterocycles. The van der Waals surface area contributed by atoms with Crippen molar-refractivity contribution in [2.75, 3.05) is 0 Å². The number of halogens is 3. The van der Waals surface area contributed by atoms with Crippen LogP contribution in [0, 0.1) is 12.7 Å². The Bertz CT molecular complexity index is 633. The van der Waals surface area contributed by atoms with Crippen LogP contribution in [0.25, 0.3) is 0 Å². The summed E-state index contributed by atoms with van der Waals surface area (Å²) in [5, 5.41) is 4.16. The number of aryl methyl sites for hydroxylation is 1. The number of nitrogens with one attached hydrogen (secondary N) is 1. The third kappa shape index (κ3) is 4.20. The number of ether oxygens (including phenoxy) is 1. The van der Waals surface area contributed by atoms with Crippen LogP contribution in [0.2, 0.25) is 0 Å². The summed E-state index contributed by atoms with van der Waals surface area (Å²) in [7, 11) is 0. The molecule has 7 heteroatoms. The van der Waals surface area contributed by atoms with Gasteiger partial charge in [-0.1, -0.05) is 6.07 Å². The molecule has 2 atom stereocenters. The number of aromatic nitrogens is 1. The minimum atomic E-state index is -2.99. The maximum atomic E-state index is 13.2. The second-order valence-electron chi connectivity index (χ2n) is 4.98. The first kappa shape index (κ1) is 16.8. The SMILES string of the molecule is Cc1cnc([C@@H](C)N[C@H](C)c2ccc(F)cc2OC(F)F)s1. The molecular formula is C15H17F3N2OS. The largest absolute Gasteiger partial charge is 0.434 e. The van der Waals surface area contributed by atoms with E-state index < -0.39 is 12.4 Å². The minimum absolute atomic E-state index is 0.0573. The van der Waals surface area contributed by atoms with Crippen LogP contribution < -0.4 is 10.1 Å². The molecule has 2 aromatic rings. The molecule has 0 unspecified atom stereocenters. The molecular weight excluding hydrogens is 313 g/mol. The van der Waals surface area contributed by atoms with Gasteiger partial charge in [0.1, 0.15) is 16.6 Å². The predicted octanol–water partition coefficient (Wildman–Crippen LogP) is 4.60. The molecule has 0 amide bonds. The summed E-state index contributed by atoms with van der Waals surface area (Å²) in [5.74, 6) is -0.771. The second-order valence-corrected chi connectivity index (χ2v) is 6.25. The van der Waals surface area contributed by atoms with Gasteiger partial charge in [0.15, 0.2) is 0 Å². The smallest absolute Gasteiger partial charge is 0.387 e. The van der Waals surface area contributed by atoms with Gasteiger partial charge in [0.05, 0.1) is 6.04 Å². The van der Waals surface area contributed by atoms with E-state index in [4.69, 9.17) is 0 Å². The van der Waals surface area contributed by atoms with Gasteiger partial charge in [-0.15, -0.1) is 11.3 Å². The first-order valence-corrected chi connectivity index (χ1v) is 7.61. The molecule has 1 aromatic heterocycles. The van der Waals surface area contributed by atoms with E-state index in [-0.39, 0.29) is 17.8 Å². The Balaban J connectivity index is 2.16. The lowest BCUT2D eigenvalue weighted by Gasteiger charge is -2.21. The van der Waals surface area contributed by atoms with Gasteiger partial charge < -0.3 is 10.1 Å². The van der Waals surface area contributed by atoms with Crippen LogP contribution in [0.3, 0.4) is 0 Å². The Morgan fingerprint density at radius 3 is 2.55 bits per heavy atom. The van der Waals surface area contributed by atoms with E-state index in [1.807, 2.05) is 20.8 Å². The van der Waals surface area contributed by atoms with Crippen LogP contribution in [0.5, 0.6) is 5.75 Å². The lowest BCUT2D eigenvalue weighted by atomic mass is 10.1. The Morgan fingerprint density at radius 1 is 1.23 bits per heavy atom. The summed E-state index contributed by atoms with van der Waals surface area (Å²) in [6.07, 6.45) is 1.78. The van der Waals surface area contributed by atoms with Gasteiger partial charge >= 0.3 is 6.61 Å². The highest BCUT2D eigenvalue weighted by atomic mass is 32.1. The minimum Gasteiger partial charge on any atom is -0.434 e. The molecule has 120 valence electrons. The van der Waals surface area contributed by atoms with Crippen molar-refractivity contribution < 1.29 is 17.9 Å². The fourth-order valence-electron chi connectivity index (χ4n) is 2.17. The van der Waals surface area contributed by atoms with Crippen LogP contribution in [0.1, 0.15) is 41.4 Å². The molecule has 0 bridgehead atoms. The molecule has 1 aromatic carbocycles. The topological polar surface area (TPSA) is 34.2 Å². The average Bonchev–Trinajstić information content (AvgIpc) is 2.84. The van der Waals surface area contributed by atoms with E-state index in [1.54, 1.807) is 17.5 Å². The number of hydrogen-bond donors (Lipinski definition) is 1. The highest BCUT2D eigenvalue weighted by molar-refractivity contribution is 7.11. The maximum absolute atomic E-state index is 13.2. The van der Waals surface area contributed by atoms with Crippen molar-refractivity contribution in [3.63, 3.8) is 0 Å². The zero-order chi connectivity index (χ0) is 16.3. The van der Waals surface area contributed by atoms with Gasteiger partial charge in [0, 0.05) is 28.7 Å². The highest BCUT2D eigenvalue weighted by Crippen LogP contribution is 2.30. The lowest BCUT2D eigenvalue weighted by molar-refractivity contribution is -0.0508. The summed E-state index contributed by atoms with van der Waals surface area (Å²) in [6.45, 7) is 2.71. The summed E-state index contributed by atoms with van der Waals surface area (Å²) < 4.78 is 42.6. The van der Waals surface area contributed by atoms with E-state index in [0.717, 1.165) is 16.0 Å². The second kappa shape index (κ2) is 7.11. The Kier molecular flexibility index (Phi) is 5.42. The van der Waals surface area contributed by atoms with Crippen LogP contribution in [-0.4, -0.2) is 11.6 Å². The average molecular weight is 330 g/mol. The number of nitrogens with zero attached hydrogens (tertiary/aromatic N) is 1. The summed E-state index contributed by atoms with van der Waals surface area (Å²) in [5.41, 5.74) is 0.474. The molecule has 0 aliphatic carbocycles. The van der Waals surface area contributed by atoms with Crippen molar-refractivity contribution in [1.82, 2.24) is 10.3 Å². The molecule has 1 N–H and O–H groups in total. The number of benzene rings is 1. The first-order valence-electron chi connectivity index (χ1n) is 6.79.